The quantitative estimate of drug-likeness (QED) is 0.847. The van der Waals surface area contributed by atoms with Crippen LogP contribution in [0.15, 0.2) is 24.3 Å². The Morgan fingerprint density at radius 2 is 2.19 bits per heavy atom. The van der Waals surface area contributed by atoms with Crippen LogP contribution in [0.25, 0.3) is 0 Å². The zero-order valence-corrected chi connectivity index (χ0v) is 12.8. The number of rotatable bonds is 5. The van der Waals surface area contributed by atoms with E-state index in [0.29, 0.717) is 25.2 Å². The zero-order chi connectivity index (χ0) is 14.2. The second-order valence-electron chi connectivity index (χ2n) is 4.89. The highest BCUT2D eigenvalue weighted by atomic mass is 35.5. The van der Waals surface area contributed by atoms with Crippen LogP contribution in [-0.2, 0) is 4.79 Å². The highest BCUT2D eigenvalue weighted by molar-refractivity contribution is 5.85. The Hall–Kier alpha value is -1.33. The van der Waals surface area contributed by atoms with Crippen molar-refractivity contribution in [3.8, 4) is 5.75 Å². The standard InChI is InChI=1S/C15H21FN2O2.ClH/c16-13-4-1-5-14(12-13)20-11-2-6-15(19)18-9-3-7-17-8-10-18;/h1,4-5,12,17H,2-3,6-11H2;1H. The summed E-state index contributed by atoms with van der Waals surface area (Å²) < 4.78 is 18.4. The summed E-state index contributed by atoms with van der Waals surface area (Å²) in [6, 6.07) is 6.05. The fourth-order valence-corrected chi connectivity index (χ4v) is 2.22. The van der Waals surface area contributed by atoms with E-state index in [9.17, 15) is 9.18 Å². The molecule has 1 fully saturated rings. The summed E-state index contributed by atoms with van der Waals surface area (Å²) >= 11 is 0. The van der Waals surface area contributed by atoms with Gasteiger partial charge in [0.05, 0.1) is 6.61 Å². The van der Waals surface area contributed by atoms with Gasteiger partial charge in [0.15, 0.2) is 0 Å². The van der Waals surface area contributed by atoms with Crippen LogP contribution >= 0.6 is 12.4 Å². The van der Waals surface area contributed by atoms with E-state index < -0.39 is 0 Å². The first-order valence-electron chi connectivity index (χ1n) is 7.12. The minimum atomic E-state index is -0.310. The summed E-state index contributed by atoms with van der Waals surface area (Å²) in [5, 5.41) is 3.27. The van der Waals surface area contributed by atoms with Crippen molar-refractivity contribution in [2.75, 3.05) is 32.8 Å². The molecule has 0 aliphatic carbocycles. The van der Waals surface area contributed by atoms with Crippen molar-refractivity contribution in [1.29, 1.82) is 0 Å². The molecule has 4 nitrogen and oxygen atoms in total. The lowest BCUT2D eigenvalue weighted by Crippen LogP contribution is -2.34. The van der Waals surface area contributed by atoms with Crippen LogP contribution in [0.1, 0.15) is 19.3 Å². The molecule has 0 aromatic heterocycles. The molecule has 0 saturated carbocycles. The van der Waals surface area contributed by atoms with Gasteiger partial charge in [0.2, 0.25) is 5.91 Å². The van der Waals surface area contributed by atoms with Crippen molar-refractivity contribution < 1.29 is 13.9 Å². The van der Waals surface area contributed by atoms with Crippen molar-refractivity contribution in [3.63, 3.8) is 0 Å². The number of hydrogen-bond acceptors (Lipinski definition) is 3. The third kappa shape index (κ3) is 6.31. The average molecular weight is 317 g/mol. The summed E-state index contributed by atoms with van der Waals surface area (Å²) in [5.74, 6) is 0.378. The number of nitrogens with zero attached hydrogens (tertiary/aromatic N) is 1. The van der Waals surface area contributed by atoms with E-state index in [2.05, 4.69) is 5.32 Å². The summed E-state index contributed by atoms with van der Waals surface area (Å²) in [5.41, 5.74) is 0. The van der Waals surface area contributed by atoms with Crippen LogP contribution < -0.4 is 10.1 Å². The van der Waals surface area contributed by atoms with E-state index in [-0.39, 0.29) is 24.1 Å². The summed E-state index contributed by atoms with van der Waals surface area (Å²) in [7, 11) is 0. The van der Waals surface area contributed by atoms with E-state index in [1.54, 1.807) is 12.1 Å². The molecule has 0 spiro atoms. The molecule has 1 aliphatic rings. The fraction of sp³-hybridized carbons (Fsp3) is 0.533. The lowest BCUT2D eigenvalue weighted by atomic mass is 10.2. The number of halogens is 2. The molecule has 0 bridgehead atoms. The molecule has 1 saturated heterocycles. The second-order valence-corrected chi connectivity index (χ2v) is 4.89. The third-order valence-electron chi connectivity index (χ3n) is 3.29. The predicted octanol–water partition coefficient (Wildman–Crippen LogP) is 2.23. The smallest absolute Gasteiger partial charge is 0.222 e. The van der Waals surface area contributed by atoms with Crippen molar-refractivity contribution in [3.05, 3.63) is 30.1 Å². The molecule has 6 heteroatoms. The average Bonchev–Trinajstić information content (AvgIpc) is 2.72. The minimum absolute atomic E-state index is 0. The van der Waals surface area contributed by atoms with Crippen LogP contribution in [0.4, 0.5) is 4.39 Å². The number of carbonyl (C=O) groups excluding carboxylic acids is 1. The maximum absolute atomic E-state index is 12.9. The van der Waals surface area contributed by atoms with Gasteiger partial charge in [-0.1, -0.05) is 6.07 Å². The summed E-state index contributed by atoms with van der Waals surface area (Å²) in [6.07, 6.45) is 2.14. The van der Waals surface area contributed by atoms with Crippen LogP contribution in [0.5, 0.6) is 5.75 Å². The molecule has 21 heavy (non-hydrogen) atoms. The Morgan fingerprint density at radius 3 is 3.00 bits per heavy atom. The zero-order valence-electron chi connectivity index (χ0n) is 12.0. The minimum Gasteiger partial charge on any atom is -0.493 e. The van der Waals surface area contributed by atoms with Gasteiger partial charge in [0.25, 0.3) is 0 Å². The number of carbonyl (C=O) groups is 1. The van der Waals surface area contributed by atoms with Crippen LogP contribution in [0.3, 0.4) is 0 Å². The first-order valence-corrected chi connectivity index (χ1v) is 7.12. The lowest BCUT2D eigenvalue weighted by Gasteiger charge is -2.19. The molecule has 1 N–H and O–H groups in total. The molecule has 0 unspecified atom stereocenters. The molecule has 1 amide bonds. The van der Waals surface area contributed by atoms with E-state index in [1.807, 2.05) is 4.90 Å². The molecule has 1 aromatic rings. The highest BCUT2D eigenvalue weighted by Gasteiger charge is 2.14. The van der Waals surface area contributed by atoms with Gasteiger partial charge in [0.1, 0.15) is 11.6 Å². The normalized spacial score (nSPS) is 15.0. The van der Waals surface area contributed by atoms with Crippen molar-refractivity contribution in [2.24, 2.45) is 0 Å². The van der Waals surface area contributed by atoms with E-state index in [0.717, 1.165) is 32.6 Å². The Kier molecular flexibility index (Phi) is 8.08. The van der Waals surface area contributed by atoms with Gasteiger partial charge in [-0.3, -0.25) is 4.79 Å². The Bertz CT molecular complexity index is 437. The molecule has 118 valence electrons. The van der Waals surface area contributed by atoms with Crippen molar-refractivity contribution in [2.45, 2.75) is 19.3 Å². The third-order valence-corrected chi connectivity index (χ3v) is 3.29. The fourth-order valence-electron chi connectivity index (χ4n) is 2.22. The monoisotopic (exact) mass is 316 g/mol. The van der Waals surface area contributed by atoms with Crippen molar-refractivity contribution in [1.82, 2.24) is 10.2 Å². The molecular formula is C15H22ClFN2O2. The van der Waals surface area contributed by atoms with Gasteiger partial charge in [-0.25, -0.2) is 4.39 Å². The number of ether oxygens (including phenoxy) is 1. The van der Waals surface area contributed by atoms with Crippen LogP contribution in [0, 0.1) is 5.82 Å². The van der Waals surface area contributed by atoms with Crippen LogP contribution in [-0.4, -0.2) is 43.6 Å². The Balaban J connectivity index is 0.00000220. The first kappa shape index (κ1) is 17.7. The van der Waals surface area contributed by atoms with Crippen LogP contribution in [0.2, 0.25) is 0 Å². The molecule has 1 heterocycles. The number of benzene rings is 1. The van der Waals surface area contributed by atoms with Gasteiger partial charge in [-0.15, -0.1) is 12.4 Å². The van der Waals surface area contributed by atoms with E-state index >= 15 is 0 Å². The topological polar surface area (TPSA) is 41.6 Å². The van der Waals surface area contributed by atoms with Gasteiger partial charge < -0.3 is 15.0 Å². The highest BCUT2D eigenvalue weighted by Crippen LogP contribution is 2.12. The van der Waals surface area contributed by atoms with E-state index in [4.69, 9.17) is 4.74 Å². The molecule has 1 aromatic carbocycles. The van der Waals surface area contributed by atoms with Gasteiger partial charge in [0, 0.05) is 32.1 Å². The number of nitrogens with one attached hydrogen (secondary N) is 1. The Morgan fingerprint density at radius 1 is 1.33 bits per heavy atom. The molecular weight excluding hydrogens is 295 g/mol. The second kappa shape index (κ2) is 9.58. The van der Waals surface area contributed by atoms with E-state index in [1.165, 1.54) is 12.1 Å². The first-order chi connectivity index (χ1) is 9.75. The molecule has 0 atom stereocenters. The van der Waals surface area contributed by atoms with Gasteiger partial charge in [-0.2, -0.15) is 0 Å². The largest absolute Gasteiger partial charge is 0.493 e. The number of hydrogen-bond donors (Lipinski definition) is 1. The van der Waals surface area contributed by atoms with Crippen molar-refractivity contribution >= 4 is 18.3 Å². The summed E-state index contributed by atoms with van der Waals surface area (Å²) in [4.78, 5) is 13.9. The SMILES string of the molecule is Cl.O=C(CCCOc1cccc(F)c1)N1CCCNCC1. The lowest BCUT2D eigenvalue weighted by molar-refractivity contribution is -0.131. The van der Waals surface area contributed by atoms with Gasteiger partial charge >= 0.3 is 0 Å². The maximum atomic E-state index is 12.9. The maximum Gasteiger partial charge on any atom is 0.222 e. The summed E-state index contributed by atoms with van der Waals surface area (Å²) in [6.45, 7) is 3.89. The predicted molar refractivity (Wildman–Crippen MR) is 82.4 cm³/mol. The molecule has 1 aliphatic heterocycles. The van der Waals surface area contributed by atoms with Gasteiger partial charge in [-0.05, 0) is 31.5 Å². The molecule has 0 radical (unpaired) electrons. The Labute approximate surface area is 131 Å². The molecule has 2 rings (SSSR count). The number of amides is 1.